The first-order valence-electron chi connectivity index (χ1n) is 17.0. The van der Waals surface area contributed by atoms with Gasteiger partial charge >= 0.3 is 6.09 Å². The summed E-state index contributed by atoms with van der Waals surface area (Å²) in [6.07, 6.45) is 7.35. The molecule has 2 aliphatic rings. The number of pyridine rings is 2. The number of carbonyl (C=O) groups is 1. The van der Waals surface area contributed by atoms with Gasteiger partial charge in [-0.25, -0.2) is 14.3 Å². The van der Waals surface area contributed by atoms with E-state index in [2.05, 4.69) is 93.0 Å². The minimum atomic E-state index is -0.502. The molecular formula is C39H42N8O2. The number of nitrogens with one attached hydrogen (secondary N) is 1. The summed E-state index contributed by atoms with van der Waals surface area (Å²) < 4.78 is 7.35. The Hall–Kier alpha value is -5.56. The van der Waals surface area contributed by atoms with Gasteiger partial charge in [0, 0.05) is 85.8 Å². The van der Waals surface area contributed by atoms with E-state index in [0.717, 1.165) is 78.3 Å². The Balaban J connectivity index is 1.06. The van der Waals surface area contributed by atoms with Crippen LogP contribution in [0.4, 0.5) is 22.0 Å². The topological polar surface area (TPSA) is 102 Å². The monoisotopic (exact) mass is 654 g/mol. The maximum atomic E-state index is 12.5. The standard InChI is InChI=1S/C39H42N8O2/c1-39(2,3)49-38(48)46-21-19-44(20-22-46)34-12-9-28(10-13-34)30-23-35(37-31(24-40)26-42-47(37)27-30)29-11-14-36(41-25-29)45-17-15-33(16-18-45)43-32-7-5-4-6-8-32/h4-14,23,25-27,33,43H,15-22H2,1-3H3. The van der Waals surface area contributed by atoms with Crippen LogP contribution in [-0.2, 0) is 4.74 Å². The minimum absolute atomic E-state index is 0.256. The van der Waals surface area contributed by atoms with E-state index in [1.165, 1.54) is 5.69 Å². The summed E-state index contributed by atoms with van der Waals surface area (Å²) in [6, 6.07) is 28.0. The van der Waals surface area contributed by atoms with Crippen molar-refractivity contribution in [3.8, 4) is 28.3 Å². The van der Waals surface area contributed by atoms with E-state index in [1.807, 2.05) is 39.2 Å². The van der Waals surface area contributed by atoms with Crippen LogP contribution in [0, 0.1) is 11.3 Å². The summed E-state index contributed by atoms with van der Waals surface area (Å²) in [5.74, 6) is 0.964. The Kier molecular flexibility index (Phi) is 8.83. The Bertz CT molecular complexity index is 1940. The van der Waals surface area contributed by atoms with Crippen LogP contribution >= 0.6 is 0 Å². The zero-order valence-corrected chi connectivity index (χ0v) is 28.3. The number of aromatic nitrogens is 3. The number of fused-ring (bicyclic) bond motifs is 1. The molecular weight excluding hydrogens is 612 g/mol. The number of piperidine rings is 1. The number of hydrogen-bond donors (Lipinski definition) is 1. The van der Waals surface area contributed by atoms with E-state index in [-0.39, 0.29) is 6.09 Å². The van der Waals surface area contributed by atoms with Gasteiger partial charge in [-0.15, -0.1) is 0 Å². The highest BCUT2D eigenvalue weighted by atomic mass is 16.6. The molecule has 1 amide bonds. The third-order valence-corrected chi connectivity index (χ3v) is 9.25. The molecule has 2 aromatic carbocycles. The SMILES string of the molecule is CC(C)(C)OC(=O)N1CCN(c2ccc(-c3cc(-c4ccc(N5CCC(Nc6ccccc6)CC5)nc4)c4c(C#N)cnn4c3)cc2)CC1. The summed E-state index contributed by atoms with van der Waals surface area (Å²) in [4.78, 5) is 23.8. The lowest BCUT2D eigenvalue weighted by molar-refractivity contribution is 0.0240. The molecule has 1 N–H and O–H groups in total. The third-order valence-electron chi connectivity index (χ3n) is 9.25. The van der Waals surface area contributed by atoms with Crippen LogP contribution in [0.3, 0.4) is 0 Å². The second kappa shape index (κ2) is 13.5. The van der Waals surface area contributed by atoms with E-state index in [4.69, 9.17) is 9.72 Å². The van der Waals surface area contributed by atoms with E-state index in [9.17, 15) is 10.1 Å². The fraction of sp³-hybridized carbons (Fsp3) is 0.333. The Labute approximate surface area is 287 Å². The maximum Gasteiger partial charge on any atom is 0.410 e. The van der Waals surface area contributed by atoms with Gasteiger partial charge in [0.05, 0.1) is 17.3 Å². The van der Waals surface area contributed by atoms with Crippen LogP contribution in [0.25, 0.3) is 27.8 Å². The second-order valence-electron chi connectivity index (χ2n) is 13.8. The molecule has 10 nitrogen and oxygen atoms in total. The third kappa shape index (κ3) is 7.16. The number of nitrogens with zero attached hydrogens (tertiary/aromatic N) is 7. The van der Waals surface area contributed by atoms with Crippen molar-refractivity contribution in [2.24, 2.45) is 0 Å². The van der Waals surface area contributed by atoms with Crippen LogP contribution in [0.1, 0.15) is 39.2 Å². The normalized spacial score (nSPS) is 15.7. The molecule has 7 rings (SSSR count). The molecule has 0 bridgehead atoms. The number of anilines is 3. The van der Waals surface area contributed by atoms with Gasteiger partial charge < -0.3 is 24.8 Å². The molecule has 10 heteroatoms. The van der Waals surface area contributed by atoms with Crippen LogP contribution in [0.2, 0.25) is 0 Å². The second-order valence-corrected chi connectivity index (χ2v) is 13.8. The fourth-order valence-corrected chi connectivity index (χ4v) is 6.68. The molecule has 2 aliphatic heterocycles. The van der Waals surface area contributed by atoms with Gasteiger partial charge in [-0.1, -0.05) is 30.3 Å². The number of rotatable bonds is 6. The largest absolute Gasteiger partial charge is 0.444 e. The van der Waals surface area contributed by atoms with Gasteiger partial charge in [0.2, 0.25) is 0 Å². The first-order chi connectivity index (χ1) is 23.7. The minimum Gasteiger partial charge on any atom is -0.444 e. The van der Waals surface area contributed by atoms with Crippen molar-refractivity contribution in [2.75, 3.05) is 54.4 Å². The van der Waals surface area contributed by atoms with Gasteiger partial charge in [-0.2, -0.15) is 10.4 Å². The summed E-state index contributed by atoms with van der Waals surface area (Å²) in [7, 11) is 0. The molecule has 49 heavy (non-hydrogen) atoms. The molecule has 0 radical (unpaired) electrons. The lowest BCUT2D eigenvalue weighted by Crippen LogP contribution is -2.50. The average Bonchev–Trinajstić information content (AvgIpc) is 3.55. The van der Waals surface area contributed by atoms with Crippen molar-refractivity contribution in [1.29, 1.82) is 5.26 Å². The summed E-state index contributed by atoms with van der Waals surface area (Å²) in [5.41, 5.74) is 6.97. The predicted molar refractivity (Wildman–Crippen MR) is 194 cm³/mol. The van der Waals surface area contributed by atoms with E-state index < -0.39 is 5.60 Å². The van der Waals surface area contributed by atoms with E-state index in [0.29, 0.717) is 24.7 Å². The number of nitriles is 1. The number of amides is 1. The Morgan fingerprint density at radius 1 is 0.857 bits per heavy atom. The first kappa shape index (κ1) is 32.0. The highest BCUT2D eigenvalue weighted by Crippen LogP contribution is 2.33. The van der Waals surface area contributed by atoms with Crippen LogP contribution in [0.15, 0.2) is 91.4 Å². The quantitative estimate of drug-likeness (QED) is 0.208. The van der Waals surface area contributed by atoms with Crippen molar-refractivity contribution >= 4 is 28.8 Å². The maximum absolute atomic E-state index is 12.5. The van der Waals surface area contributed by atoms with Crippen LogP contribution < -0.4 is 15.1 Å². The number of para-hydroxylation sites is 1. The van der Waals surface area contributed by atoms with Gasteiger partial charge in [0.15, 0.2) is 0 Å². The molecule has 0 spiro atoms. The zero-order chi connectivity index (χ0) is 34.0. The number of ether oxygens (including phenoxy) is 1. The molecule has 5 heterocycles. The lowest BCUT2D eigenvalue weighted by Gasteiger charge is -2.36. The highest BCUT2D eigenvalue weighted by Gasteiger charge is 2.26. The molecule has 250 valence electrons. The lowest BCUT2D eigenvalue weighted by atomic mass is 9.99. The van der Waals surface area contributed by atoms with Crippen molar-refractivity contribution in [3.05, 3.63) is 97.0 Å². The molecule has 0 saturated carbocycles. The average molecular weight is 655 g/mol. The Morgan fingerprint density at radius 2 is 1.57 bits per heavy atom. The van der Waals surface area contributed by atoms with Gasteiger partial charge in [-0.05, 0) is 81.6 Å². The molecule has 0 unspecified atom stereocenters. The summed E-state index contributed by atoms with van der Waals surface area (Å²) >= 11 is 0. The fourth-order valence-electron chi connectivity index (χ4n) is 6.68. The summed E-state index contributed by atoms with van der Waals surface area (Å²) in [5, 5.41) is 18.1. The molecule has 2 saturated heterocycles. The van der Waals surface area contributed by atoms with Crippen molar-refractivity contribution < 1.29 is 9.53 Å². The first-order valence-corrected chi connectivity index (χ1v) is 17.0. The van der Waals surface area contributed by atoms with Crippen LogP contribution in [0.5, 0.6) is 0 Å². The molecule has 2 fully saturated rings. The number of hydrogen-bond acceptors (Lipinski definition) is 8. The molecule has 0 atom stereocenters. The van der Waals surface area contributed by atoms with Gasteiger partial charge in [0.25, 0.3) is 0 Å². The number of benzene rings is 2. The highest BCUT2D eigenvalue weighted by molar-refractivity contribution is 5.87. The number of piperazine rings is 1. The Morgan fingerprint density at radius 3 is 2.22 bits per heavy atom. The smallest absolute Gasteiger partial charge is 0.410 e. The van der Waals surface area contributed by atoms with Crippen molar-refractivity contribution in [3.63, 3.8) is 0 Å². The van der Waals surface area contributed by atoms with Crippen molar-refractivity contribution in [1.82, 2.24) is 19.5 Å². The van der Waals surface area contributed by atoms with E-state index in [1.54, 1.807) is 15.6 Å². The zero-order valence-electron chi connectivity index (χ0n) is 28.3. The molecule has 5 aromatic rings. The van der Waals surface area contributed by atoms with Crippen LogP contribution in [-0.4, -0.2) is 76.5 Å². The van der Waals surface area contributed by atoms with Crippen molar-refractivity contribution in [2.45, 2.75) is 45.3 Å². The van der Waals surface area contributed by atoms with E-state index >= 15 is 0 Å². The molecule has 3 aromatic heterocycles. The van der Waals surface area contributed by atoms with Gasteiger partial charge in [-0.3, -0.25) is 0 Å². The van der Waals surface area contributed by atoms with Gasteiger partial charge in [0.1, 0.15) is 17.5 Å². The molecule has 0 aliphatic carbocycles. The number of carbonyl (C=O) groups excluding carboxylic acids is 1. The predicted octanol–water partition coefficient (Wildman–Crippen LogP) is 7.07. The summed E-state index contributed by atoms with van der Waals surface area (Å²) in [6.45, 7) is 10.3.